The summed E-state index contributed by atoms with van der Waals surface area (Å²) in [6, 6.07) is 6.84. The summed E-state index contributed by atoms with van der Waals surface area (Å²) in [6.07, 6.45) is 2.54. The summed E-state index contributed by atoms with van der Waals surface area (Å²) in [6.45, 7) is 1.51. The highest BCUT2D eigenvalue weighted by molar-refractivity contribution is 5.76. The predicted molar refractivity (Wildman–Crippen MR) is 68.5 cm³/mol. The van der Waals surface area contributed by atoms with Gasteiger partial charge in [0.25, 0.3) is 0 Å². The quantitative estimate of drug-likeness (QED) is 0.434. The highest BCUT2D eigenvalue weighted by Gasteiger charge is 2.04. The molecule has 0 atom stereocenters. The minimum Gasteiger partial charge on any atom is -0.388 e. The number of unbranched alkanes of at least 4 members (excludes halogenated alkanes) is 1. The first-order valence-electron chi connectivity index (χ1n) is 5.84. The van der Waals surface area contributed by atoms with Crippen LogP contribution in [0, 0.1) is 11.2 Å². The van der Waals surface area contributed by atoms with E-state index in [0.717, 1.165) is 24.9 Å². The number of nitrogens with two attached hydrogens (primary N) is 1. The summed E-state index contributed by atoms with van der Waals surface area (Å²) < 4.78 is 13.4. The Balaban J connectivity index is 2.27. The second kappa shape index (κ2) is 7.01. The fourth-order valence-corrected chi connectivity index (χ4v) is 1.69. The van der Waals surface area contributed by atoms with Gasteiger partial charge in [0.15, 0.2) is 0 Å². The molecule has 0 saturated carbocycles. The standard InChI is InChI=1S/C13H20FN3/c1-17(9-5-4-8-13(15)16)10-11-6-2-3-7-12(11)14/h2-3,6-7H,4-5,8-10H2,1H3,(H3,15,16). The lowest BCUT2D eigenvalue weighted by Crippen LogP contribution is -2.20. The average Bonchev–Trinajstić information content (AvgIpc) is 2.27. The highest BCUT2D eigenvalue weighted by atomic mass is 19.1. The lowest BCUT2D eigenvalue weighted by Gasteiger charge is -2.16. The highest BCUT2D eigenvalue weighted by Crippen LogP contribution is 2.09. The van der Waals surface area contributed by atoms with E-state index in [1.807, 2.05) is 13.1 Å². The Morgan fingerprint density at radius 2 is 2.06 bits per heavy atom. The van der Waals surface area contributed by atoms with Crippen molar-refractivity contribution in [2.75, 3.05) is 13.6 Å². The van der Waals surface area contributed by atoms with Gasteiger partial charge in [0.1, 0.15) is 5.82 Å². The third-order valence-corrected chi connectivity index (χ3v) is 2.63. The molecule has 0 fully saturated rings. The molecule has 0 bridgehead atoms. The molecule has 1 rings (SSSR count). The zero-order valence-electron chi connectivity index (χ0n) is 10.2. The Labute approximate surface area is 102 Å². The number of rotatable bonds is 7. The van der Waals surface area contributed by atoms with Crippen LogP contribution in [0.2, 0.25) is 0 Å². The van der Waals surface area contributed by atoms with Gasteiger partial charge in [-0.15, -0.1) is 0 Å². The number of hydrogen-bond donors (Lipinski definition) is 2. The number of nitrogens with zero attached hydrogens (tertiary/aromatic N) is 1. The van der Waals surface area contributed by atoms with Gasteiger partial charge < -0.3 is 10.6 Å². The first kappa shape index (κ1) is 13.6. The maximum absolute atomic E-state index is 13.4. The van der Waals surface area contributed by atoms with Crippen LogP contribution in [-0.2, 0) is 6.54 Å². The van der Waals surface area contributed by atoms with Crippen molar-refractivity contribution in [1.29, 1.82) is 5.41 Å². The van der Waals surface area contributed by atoms with Gasteiger partial charge in [0, 0.05) is 18.5 Å². The second-order valence-corrected chi connectivity index (χ2v) is 4.31. The van der Waals surface area contributed by atoms with Gasteiger partial charge in [-0.05, 0) is 32.5 Å². The molecule has 0 aromatic heterocycles. The van der Waals surface area contributed by atoms with Crippen molar-refractivity contribution in [1.82, 2.24) is 4.90 Å². The molecule has 94 valence electrons. The number of amidine groups is 1. The molecule has 0 amide bonds. The molecular formula is C13H20FN3. The molecule has 0 unspecified atom stereocenters. The van der Waals surface area contributed by atoms with Crippen molar-refractivity contribution < 1.29 is 4.39 Å². The summed E-state index contributed by atoms with van der Waals surface area (Å²) in [5.74, 6) is 0.0878. The van der Waals surface area contributed by atoms with E-state index in [9.17, 15) is 4.39 Å². The smallest absolute Gasteiger partial charge is 0.127 e. The monoisotopic (exact) mass is 237 g/mol. The molecule has 0 saturated heterocycles. The predicted octanol–water partition coefficient (Wildman–Crippen LogP) is 2.36. The lowest BCUT2D eigenvalue weighted by atomic mass is 10.2. The first-order valence-corrected chi connectivity index (χ1v) is 5.84. The Morgan fingerprint density at radius 1 is 1.35 bits per heavy atom. The summed E-state index contributed by atoms with van der Waals surface area (Å²) in [4.78, 5) is 2.08. The van der Waals surface area contributed by atoms with E-state index in [1.54, 1.807) is 12.1 Å². The minimum atomic E-state index is -0.150. The van der Waals surface area contributed by atoms with Crippen LogP contribution in [0.25, 0.3) is 0 Å². The molecule has 0 aliphatic heterocycles. The van der Waals surface area contributed by atoms with Gasteiger partial charge >= 0.3 is 0 Å². The number of hydrogen-bond acceptors (Lipinski definition) is 2. The summed E-state index contributed by atoms with van der Waals surface area (Å²) in [5, 5.41) is 7.10. The van der Waals surface area contributed by atoms with Crippen LogP contribution in [0.3, 0.4) is 0 Å². The maximum atomic E-state index is 13.4. The fourth-order valence-electron chi connectivity index (χ4n) is 1.69. The maximum Gasteiger partial charge on any atom is 0.127 e. The molecule has 17 heavy (non-hydrogen) atoms. The molecular weight excluding hydrogens is 217 g/mol. The zero-order valence-corrected chi connectivity index (χ0v) is 10.2. The number of halogens is 1. The minimum absolute atomic E-state index is 0.150. The molecule has 1 aromatic rings. The molecule has 3 N–H and O–H groups in total. The van der Waals surface area contributed by atoms with Crippen LogP contribution >= 0.6 is 0 Å². The Morgan fingerprint density at radius 3 is 2.71 bits per heavy atom. The Kier molecular flexibility index (Phi) is 5.63. The normalized spacial score (nSPS) is 10.8. The van der Waals surface area contributed by atoms with Crippen molar-refractivity contribution in [3.63, 3.8) is 0 Å². The van der Waals surface area contributed by atoms with Gasteiger partial charge in [-0.2, -0.15) is 0 Å². The topological polar surface area (TPSA) is 53.1 Å². The third kappa shape index (κ3) is 5.45. The molecule has 3 nitrogen and oxygen atoms in total. The molecule has 4 heteroatoms. The fraction of sp³-hybridized carbons (Fsp3) is 0.462. The molecule has 0 aliphatic carbocycles. The van der Waals surface area contributed by atoms with E-state index in [4.69, 9.17) is 11.1 Å². The van der Waals surface area contributed by atoms with Crippen LogP contribution < -0.4 is 5.73 Å². The van der Waals surface area contributed by atoms with Crippen molar-refractivity contribution in [2.24, 2.45) is 5.73 Å². The number of nitrogens with one attached hydrogen (secondary N) is 1. The van der Waals surface area contributed by atoms with Crippen LogP contribution in [0.15, 0.2) is 24.3 Å². The van der Waals surface area contributed by atoms with Gasteiger partial charge in [0.05, 0.1) is 5.84 Å². The molecule has 0 heterocycles. The van der Waals surface area contributed by atoms with Crippen molar-refractivity contribution >= 4 is 5.84 Å². The van der Waals surface area contributed by atoms with E-state index < -0.39 is 0 Å². The largest absolute Gasteiger partial charge is 0.388 e. The van der Waals surface area contributed by atoms with Gasteiger partial charge in [-0.3, -0.25) is 5.41 Å². The van der Waals surface area contributed by atoms with Gasteiger partial charge in [-0.25, -0.2) is 4.39 Å². The van der Waals surface area contributed by atoms with Crippen molar-refractivity contribution in [3.05, 3.63) is 35.6 Å². The third-order valence-electron chi connectivity index (χ3n) is 2.63. The van der Waals surface area contributed by atoms with E-state index >= 15 is 0 Å². The van der Waals surface area contributed by atoms with Crippen molar-refractivity contribution in [3.8, 4) is 0 Å². The Bertz CT molecular complexity index is 365. The lowest BCUT2D eigenvalue weighted by molar-refractivity contribution is 0.314. The second-order valence-electron chi connectivity index (χ2n) is 4.31. The summed E-state index contributed by atoms with van der Waals surface area (Å²) >= 11 is 0. The van der Waals surface area contributed by atoms with Crippen LogP contribution in [0.4, 0.5) is 4.39 Å². The SMILES string of the molecule is CN(CCCCC(=N)N)Cc1ccccc1F. The first-order chi connectivity index (χ1) is 8.09. The van der Waals surface area contributed by atoms with E-state index in [1.165, 1.54) is 6.07 Å². The molecule has 1 aromatic carbocycles. The van der Waals surface area contributed by atoms with Crippen molar-refractivity contribution in [2.45, 2.75) is 25.8 Å². The Hall–Kier alpha value is -1.42. The zero-order chi connectivity index (χ0) is 12.7. The molecule has 0 spiro atoms. The van der Waals surface area contributed by atoms with Gasteiger partial charge in [-0.1, -0.05) is 18.2 Å². The van der Waals surface area contributed by atoms with E-state index in [0.29, 0.717) is 13.0 Å². The van der Waals surface area contributed by atoms with E-state index in [-0.39, 0.29) is 11.7 Å². The average molecular weight is 237 g/mol. The van der Waals surface area contributed by atoms with Gasteiger partial charge in [0.2, 0.25) is 0 Å². The molecule has 0 aliphatic rings. The summed E-state index contributed by atoms with van der Waals surface area (Å²) in [7, 11) is 1.97. The molecule has 0 radical (unpaired) electrons. The van der Waals surface area contributed by atoms with Crippen LogP contribution in [0.5, 0.6) is 0 Å². The van der Waals surface area contributed by atoms with Crippen LogP contribution in [-0.4, -0.2) is 24.3 Å². The van der Waals surface area contributed by atoms with Crippen LogP contribution in [0.1, 0.15) is 24.8 Å². The number of benzene rings is 1. The van der Waals surface area contributed by atoms with E-state index in [2.05, 4.69) is 4.90 Å². The summed E-state index contributed by atoms with van der Waals surface area (Å²) in [5.41, 5.74) is 6.00.